The fourth-order valence-electron chi connectivity index (χ4n) is 3.89. The Balaban J connectivity index is 1.73. The van der Waals surface area contributed by atoms with Gasteiger partial charge in [0.05, 0.1) is 31.7 Å². The number of hydrogen-bond donors (Lipinski definition) is 1. The fraction of sp³-hybridized carbons (Fsp3) is 0.538. The molecule has 1 aliphatic heterocycles. The third-order valence-electron chi connectivity index (χ3n) is 5.79. The molecule has 0 spiro atoms. The maximum Gasteiger partial charge on any atom is 0.354 e. The zero-order valence-electron chi connectivity index (χ0n) is 21.7. The fourth-order valence-corrected chi connectivity index (χ4v) is 3.89. The van der Waals surface area contributed by atoms with E-state index in [0.717, 1.165) is 11.3 Å². The molecule has 1 aliphatic rings. The summed E-state index contributed by atoms with van der Waals surface area (Å²) in [5, 5.41) is 11.7. The molecule has 1 unspecified atom stereocenters. The Morgan fingerprint density at radius 1 is 1.26 bits per heavy atom. The van der Waals surface area contributed by atoms with E-state index in [1.54, 1.807) is 18.7 Å². The van der Waals surface area contributed by atoms with E-state index in [4.69, 9.17) is 14.3 Å². The van der Waals surface area contributed by atoms with Crippen molar-refractivity contribution in [3.05, 3.63) is 47.3 Å². The van der Waals surface area contributed by atoms with Gasteiger partial charge in [-0.1, -0.05) is 38.1 Å². The number of oxime groups is 1. The quantitative estimate of drug-likeness (QED) is 0.543. The number of nitrogens with one attached hydrogen (secondary N) is 1. The molecule has 9 nitrogen and oxygen atoms in total. The summed E-state index contributed by atoms with van der Waals surface area (Å²) >= 11 is 0. The lowest BCUT2D eigenvalue weighted by molar-refractivity contribution is -0.168. The zero-order chi connectivity index (χ0) is 25.8. The number of hydrogen-bond acceptors (Lipinski definition) is 7. The SMILES string of the molecule is CCOC(=O)C1(Cc2cccc(OC)c2)CC(CNC(=O)c2cc(C(C)(C)C)nn2C(C)C)=NO1. The van der Waals surface area contributed by atoms with Gasteiger partial charge >= 0.3 is 5.97 Å². The maximum atomic E-state index is 13.1. The van der Waals surface area contributed by atoms with E-state index in [9.17, 15) is 9.59 Å². The van der Waals surface area contributed by atoms with Crippen LogP contribution in [-0.4, -0.2) is 53.2 Å². The maximum absolute atomic E-state index is 13.1. The molecule has 1 amide bonds. The highest BCUT2D eigenvalue weighted by Crippen LogP contribution is 2.31. The highest BCUT2D eigenvalue weighted by atomic mass is 16.7. The Morgan fingerprint density at radius 2 is 2.00 bits per heavy atom. The molecule has 1 atom stereocenters. The first-order valence-corrected chi connectivity index (χ1v) is 11.9. The number of benzene rings is 1. The molecule has 1 N–H and O–H groups in total. The molecule has 0 saturated carbocycles. The molecule has 0 bridgehead atoms. The summed E-state index contributed by atoms with van der Waals surface area (Å²) in [5.41, 5.74) is 1.27. The Labute approximate surface area is 206 Å². The average molecular weight is 485 g/mol. The van der Waals surface area contributed by atoms with Crippen LogP contribution in [-0.2, 0) is 26.2 Å². The van der Waals surface area contributed by atoms with Crippen molar-refractivity contribution in [2.45, 2.75) is 71.4 Å². The van der Waals surface area contributed by atoms with E-state index >= 15 is 0 Å². The van der Waals surface area contributed by atoms with Crippen LogP contribution >= 0.6 is 0 Å². The Morgan fingerprint density at radius 3 is 2.63 bits per heavy atom. The van der Waals surface area contributed by atoms with Crippen molar-refractivity contribution in [3.63, 3.8) is 0 Å². The van der Waals surface area contributed by atoms with Gasteiger partial charge < -0.3 is 19.6 Å². The summed E-state index contributed by atoms with van der Waals surface area (Å²) < 4.78 is 12.3. The first-order chi connectivity index (χ1) is 16.5. The van der Waals surface area contributed by atoms with Crippen LogP contribution in [0.15, 0.2) is 35.5 Å². The van der Waals surface area contributed by atoms with E-state index in [-0.39, 0.29) is 43.4 Å². The smallest absolute Gasteiger partial charge is 0.354 e. The topological polar surface area (TPSA) is 104 Å². The van der Waals surface area contributed by atoms with Gasteiger partial charge in [-0.15, -0.1) is 0 Å². The van der Waals surface area contributed by atoms with Crippen LogP contribution in [0.1, 0.15) is 75.8 Å². The standard InChI is InChI=1S/C26H36N4O5/c1-8-34-24(32)26(14-18-10-9-11-20(12-18)33-7)15-19(29-35-26)16-27-23(31)21-13-22(25(4,5)6)28-30(21)17(2)3/h9-13,17H,8,14-16H2,1-7H3,(H,27,31). The van der Waals surface area contributed by atoms with Crippen LogP contribution in [0.5, 0.6) is 5.75 Å². The first kappa shape index (κ1) is 26.2. The minimum absolute atomic E-state index is 0.0262. The molecule has 0 aliphatic carbocycles. The molecule has 190 valence electrons. The van der Waals surface area contributed by atoms with Gasteiger partial charge in [0, 0.05) is 24.3 Å². The molecule has 3 rings (SSSR count). The zero-order valence-corrected chi connectivity index (χ0v) is 21.7. The van der Waals surface area contributed by atoms with E-state index in [0.29, 0.717) is 17.2 Å². The third-order valence-corrected chi connectivity index (χ3v) is 5.79. The monoisotopic (exact) mass is 484 g/mol. The number of esters is 1. The second kappa shape index (κ2) is 10.5. The van der Waals surface area contributed by atoms with Gasteiger partial charge in [-0.2, -0.15) is 5.10 Å². The molecule has 0 fully saturated rings. The van der Waals surface area contributed by atoms with Crippen LogP contribution in [0, 0.1) is 0 Å². The molecule has 0 radical (unpaired) electrons. The summed E-state index contributed by atoms with van der Waals surface area (Å²) in [4.78, 5) is 31.6. The summed E-state index contributed by atoms with van der Waals surface area (Å²) in [6.45, 7) is 12.3. The molecule has 0 saturated heterocycles. The van der Waals surface area contributed by atoms with Gasteiger partial charge in [0.15, 0.2) is 0 Å². The van der Waals surface area contributed by atoms with Crippen molar-refractivity contribution >= 4 is 17.6 Å². The largest absolute Gasteiger partial charge is 0.497 e. The molecular formula is C26H36N4O5. The summed E-state index contributed by atoms with van der Waals surface area (Å²) in [5.74, 6) is -0.0595. The number of ether oxygens (including phenoxy) is 2. The molecule has 9 heteroatoms. The number of rotatable bonds is 9. The van der Waals surface area contributed by atoms with Crippen molar-refractivity contribution in [1.82, 2.24) is 15.1 Å². The number of aromatic nitrogens is 2. The van der Waals surface area contributed by atoms with Gasteiger partial charge in [0.25, 0.3) is 5.91 Å². The highest BCUT2D eigenvalue weighted by Gasteiger charge is 2.48. The van der Waals surface area contributed by atoms with Crippen molar-refractivity contribution in [3.8, 4) is 5.75 Å². The molecule has 2 aromatic rings. The Hall–Kier alpha value is -3.36. The number of methoxy groups -OCH3 is 1. The van der Waals surface area contributed by atoms with Crippen molar-refractivity contribution < 1.29 is 23.9 Å². The van der Waals surface area contributed by atoms with Crippen LogP contribution in [0.3, 0.4) is 0 Å². The number of nitrogens with zero attached hydrogens (tertiary/aromatic N) is 3. The predicted molar refractivity (Wildman–Crippen MR) is 133 cm³/mol. The van der Waals surface area contributed by atoms with Crippen LogP contribution in [0.4, 0.5) is 0 Å². The number of carbonyl (C=O) groups excluding carboxylic acids is 2. The van der Waals surface area contributed by atoms with Gasteiger partial charge in [0.1, 0.15) is 11.4 Å². The van der Waals surface area contributed by atoms with Crippen molar-refractivity contribution in [1.29, 1.82) is 0 Å². The molecule has 35 heavy (non-hydrogen) atoms. The molecule has 1 aromatic carbocycles. The van der Waals surface area contributed by atoms with Crippen molar-refractivity contribution in [2.24, 2.45) is 5.16 Å². The minimum Gasteiger partial charge on any atom is -0.497 e. The second-order valence-corrected chi connectivity index (χ2v) is 10.1. The van der Waals surface area contributed by atoms with Crippen LogP contribution < -0.4 is 10.1 Å². The van der Waals surface area contributed by atoms with E-state index in [1.807, 2.05) is 44.2 Å². The van der Waals surface area contributed by atoms with Gasteiger partial charge in [-0.05, 0) is 44.5 Å². The number of amides is 1. The van der Waals surface area contributed by atoms with Crippen molar-refractivity contribution in [2.75, 3.05) is 20.3 Å². The lowest BCUT2D eigenvalue weighted by atomic mass is 9.89. The normalized spacial score (nSPS) is 17.7. The van der Waals surface area contributed by atoms with E-state index in [2.05, 4.69) is 36.3 Å². The highest BCUT2D eigenvalue weighted by molar-refractivity contribution is 5.99. The average Bonchev–Trinajstić information content (AvgIpc) is 3.43. The Bertz CT molecular complexity index is 1100. The summed E-state index contributed by atoms with van der Waals surface area (Å²) in [7, 11) is 1.59. The Kier molecular flexibility index (Phi) is 7.87. The van der Waals surface area contributed by atoms with Crippen LogP contribution in [0.25, 0.3) is 0 Å². The molecular weight excluding hydrogens is 448 g/mol. The lowest BCUT2D eigenvalue weighted by Gasteiger charge is -2.24. The van der Waals surface area contributed by atoms with E-state index in [1.165, 1.54) is 0 Å². The lowest BCUT2D eigenvalue weighted by Crippen LogP contribution is -2.43. The second-order valence-electron chi connectivity index (χ2n) is 10.1. The summed E-state index contributed by atoms with van der Waals surface area (Å²) in [6.07, 6.45) is 0.471. The van der Waals surface area contributed by atoms with Gasteiger partial charge in [0.2, 0.25) is 5.60 Å². The summed E-state index contributed by atoms with van der Waals surface area (Å²) in [6, 6.07) is 9.29. The third kappa shape index (κ3) is 6.01. The van der Waals surface area contributed by atoms with Crippen LogP contribution in [0.2, 0.25) is 0 Å². The number of carbonyl (C=O) groups is 2. The predicted octanol–water partition coefficient (Wildman–Crippen LogP) is 3.82. The minimum atomic E-state index is -1.29. The van der Waals surface area contributed by atoms with Gasteiger partial charge in [-0.25, -0.2) is 4.79 Å². The van der Waals surface area contributed by atoms with Gasteiger partial charge in [-0.3, -0.25) is 9.48 Å². The molecule has 1 aromatic heterocycles. The van der Waals surface area contributed by atoms with E-state index < -0.39 is 11.6 Å². The first-order valence-electron chi connectivity index (χ1n) is 11.9. The molecule has 2 heterocycles.